The smallest absolute Gasteiger partial charge is 0.243 e. The molecule has 0 aromatic carbocycles. The summed E-state index contributed by atoms with van der Waals surface area (Å²) in [6.07, 6.45) is 2.04. The summed E-state index contributed by atoms with van der Waals surface area (Å²) < 4.78 is 0. The fourth-order valence-corrected chi connectivity index (χ4v) is 2.04. The Balaban J connectivity index is 1.89. The van der Waals surface area contributed by atoms with Crippen molar-refractivity contribution in [1.82, 2.24) is 25.5 Å². The molecule has 2 heterocycles. The molecule has 2 aromatic rings. The molecule has 0 aliphatic rings. The maximum absolute atomic E-state index is 11.5. The lowest BCUT2D eigenvalue weighted by Gasteiger charge is -2.02. The Morgan fingerprint density at radius 3 is 3.17 bits per heavy atom. The number of thiophene rings is 1. The molecule has 0 aliphatic carbocycles. The monoisotopic (exact) mass is 265 g/mol. The number of nitrogens with one attached hydrogen (secondary N) is 1. The van der Waals surface area contributed by atoms with E-state index in [-0.39, 0.29) is 12.5 Å². The quantitative estimate of drug-likeness (QED) is 0.799. The predicted octanol–water partition coefficient (Wildman–Crippen LogP) is 1.32. The fraction of sp³-hybridized carbons (Fsp3) is 0.455. The van der Waals surface area contributed by atoms with Gasteiger partial charge in [-0.2, -0.15) is 16.1 Å². The third kappa shape index (κ3) is 3.36. The van der Waals surface area contributed by atoms with E-state index < -0.39 is 0 Å². The van der Waals surface area contributed by atoms with E-state index in [1.165, 1.54) is 4.80 Å². The van der Waals surface area contributed by atoms with Crippen molar-refractivity contribution in [2.45, 2.75) is 26.3 Å². The molecule has 0 spiro atoms. The summed E-state index contributed by atoms with van der Waals surface area (Å²) in [5, 5.41) is 18.6. The predicted molar refractivity (Wildman–Crippen MR) is 69.0 cm³/mol. The number of unbranched alkanes of at least 4 members (excludes halogenated alkanes) is 1. The van der Waals surface area contributed by atoms with Crippen molar-refractivity contribution >= 4 is 17.2 Å². The summed E-state index contributed by atoms with van der Waals surface area (Å²) in [6, 6.07) is 1.92. The minimum atomic E-state index is -0.0854. The first-order valence-electron chi connectivity index (χ1n) is 5.86. The molecule has 6 nitrogen and oxygen atoms in total. The van der Waals surface area contributed by atoms with Crippen LogP contribution in [0.2, 0.25) is 0 Å². The highest BCUT2D eigenvalue weighted by molar-refractivity contribution is 7.08. The van der Waals surface area contributed by atoms with Crippen molar-refractivity contribution in [2.24, 2.45) is 0 Å². The number of carbonyl (C=O) groups excluding carboxylic acids is 1. The highest BCUT2D eigenvalue weighted by atomic mass is 32.1. The lowest BCUT2D eigenvalue weighted by atomic mass is 10.3. The van der Waals surface area contributed by atoms with E-state index in [4.69, 9.17) is 0 Å². The van der Waals surface area contributed by atoms with Crippen LogP contribution in [-0.4, -0.2) is 32.7 Å². The van der Waals surface area contributed by atoms with Crippen molar-refractivity contribution in [1.29, 1.82) is 0 Å². The lowest BCUT2D eigenvalue weighted by molar-refractivity contribution is -0.122. The van der Waals surface area contributed by atoms with Gasteiger partial charge in [0.1, 0.15) is 6.54 Å². The number of rotatable bonds is 6. The Hall–Kier alpha value is -1.76. The van der Waals surface area contributed by atoms with Gasteiger partial charge < -0.3 is 5.32 Å². The second-order valence-corrected chi connectivity index (χ2v) is 4.64. The third-order valence-electron chi connectivity index (χ3n) is 2.37. The molecule has 0 bridgehead atoms. The summed E-state index contributed by atoms with van der Waals surface area (Å²) in [5.41, 5.74) is 0.928. The van der Waals surface area contributed by atoms with Crippen LogP contribution in [0.1, 0.15) is 19.8 Å². The average Bonchev–Trinajstić information content (AvgIpc) is 2.98. The van der Waals surface area contributed by atoms with Gasteiger partial charge in [0.2, 0.25) is 11.7 Å². The SMILES string of the molecule is CCCCNC(=O)Cn1nnc(-c2ccsc2)n1. The van der Waals surface area contributed by atoms with E-state index in [2.05, 4.69) is 27.7 Å². The molecule has 0 unspecified atom stereocenters. The molecule has 0 radical (unpaired) electrons. The van der Waals surface area contributed by atoms with Crippen molar-refractivity contribution in [3.8, 4) is 11.4 Å². The van der Waals surface area contributed by atoms with Crippen LogP contribution in [0.25, 0.3) is 11.4 Å². The summed E-state index contributed by atoms with van der Waals surface area (Å²) in [4.78, 5) is 12.9. The van der Waals surface area contributed by atoms with Gasteiger partial charge in [-0.05, 0) is 23.1 Å². The van der Waals surface area contributed by atoms with Crippen LogP contribution >= 0.6 is 11.3 Å². The van der Waals surface area contributed by atoms with E-state index in [0.717, 1.165) is 18.4 Å². The van der Waals surface area contributed by atoms with Gasteiger partial charge in [0.05, 0.1) is 0 Å². The number of hydrogen-bond donors (Lipinski definition) is 1. The van der Waals surface area contributed by atoms with Crippen LogP contribution in [0.15, 0.2) is 16.8 Å². The molecule has 18 heavy (non-hydrogen) atoms. The molecule has 0 aliphatic heterocycles. The standard InChI is InChI=1S/C11H15N5OS/c1-2-3-5-12-10(17)7-16-14-11(13-15-16)9-4-6-18-8-9/h4,6,8H,2-3,5,7H2,1H3,(H,12,17). The molecule has 0 saturated carbocycles. The first kappa shape index (κ1) is 12.7. The normalized spacial score (nSPS) is 10.5. The first-order valence-corrected chi connectivity index (χ1v) is 6.81. The van der Waals surface area contributed by atoms with Gasteiger partial charge >= 0.3 is 0 Å². The topological polar surface area (TPSA) is 72.7 Å². The van der Waals surface area contributed by atoms with Gasteiger partial charge in [-0.15, -0.1) is 10.2 Å². The Bertz CT molecular complexity index is 493. The zero-order valence-electron chi connectivity index (χ0n) is 10.2. The van der Waals surface area contributed by atoms with E-state index >= 15 is 0 Å². The average molecular weight is 265 g/mol. The van der Waals surface area contributed by atoms with Gasteiger partial charge in [-0.3, -0.25) is 4.79 Å². The zero-order valence-corrected chi connectivity index (χ0v) is 11.0. The minimum Gasteiger partial charge on any atom is -0.354 e. The number of carbonyl (C=O) groups is 1. The second-order valence-electron chi connectivity index (χ2n) is 3.86. The summed E-state index contributed by atoms with van der Waals surface area (Å²) in [5.74, 6) is 0.468. The molecule has 1 N–H and O–H groups in total. The van der Waals surface area contributed by atoms with Gasteiger partial charge in [0, 0.05) is 17.5 Å². The highest BCUT2D eigenvalue weighted by Gasteiger charge is 2.08. The van der Waals surface area contributed by atoms with Gasteiger partial charge in [0.15, 0.2) is 0 Å². The fourth-order valence-electron chi connectivity index (χ4n) is 1.41. The lowest BCUT2D eigenvalue weighted by Crippen LogP contribution is -2.29. The Kier molecular flexibility index (Phi) is 4.40. The van der Waals surface area contributed by atoms with Gasteiger partial charge in [-0.1, -0.05) is 13.3 Å². The van der Waals surface area contributed by atoms with Crippen LogP contribution in [0.4, 0.5) is 0 Å². The largest absolute Gasteiger partial charge is 0.354 e. The van der Waals surface area contributed by atoms with Crippen LogP contribution in [-0.2, 0) is 11.3 Å². The molecule has 96 valence electrons. The van der Waals surface area contributed by atoms with Crippen LogP contribution in [0, 0.1) is 0 Å². The van der Waals surface area contributed by atoms with Crippen molar-refractivity contribution in [3.63, 3.8) is 0 Å². The van der Waals surface area contributed by atoms with E-state index in [9.17, 15) is 4.79 Å². The molecule has 0 fully saturated rings. The van der Waals surface area contributed by atoms with Crippen LogP contribution < -0.4 is 5.32 Å². The Labute approximate surface area is 109 Å². The molecule has 7 heteroatoms. The Morgan fingerprint density at radius 1 is 1.56 bits per heavy atom. The number of aromatic nitrogens is 4. The molecular formula is C11H15N5OS. The van der Waals surface area contributed by atoms with Crippen molar-refractivity contribution in [3.05, 3.63) is 16.8 Å². The number of nitrogens with zero attached hydrogens (tertiary/aromatic N) is 4. The Morgan fingerprint density at radius 2 is 2.44 bits per heavy atom. The molecule has 0 saturated heterocycles. The molecule has 1 amide bonds. The number of amides is 1. The van der Waals surface area contributed by atoms with E-state index in [1.807, 2.05) is 16.8 Å². The van der Waals surface area contributed by atoms with E-state index in [0.29, 0.717) is 12.4 Å². The number of hydrogen-bond acceptors (Lipinski definition) is 5. The maximum atomic E-state index is 11.5. The molecule has 2 aromatic heterocycles. The zero-order chi connectivity index (χ0) is 12.8. The van der Waals surface area contributed by atoms with Crippen molar-refractivity contribution < 1.29 is 4.79 Å². The van der Waals surface area contributed by atoms with E-state index in [1.54, 1.807) is 11.3 Å². The summed E-state index contributed by atoms with van der Waals surface area (Å²) in [6.45, 7) is 2.89. The van der Waals surface area contributed by atoms with Gasteiger partial charge in [0.25, 0.3) is 0 Å². The van der Waals surface area contributed by atoms with Crippen LogP contribution in [0.5, 0.6) is 0 Å². The summed E-state index contributed by atoms with van der Waals surface area (Å²) in [7, 11) is 0. The molecular weight excluding hydrogens is 250 g/mol. The van der Waals surface area contributed by atoms with Gasteiger partial charge in [-0.25, -0.2) is 0 Å². The molecule has 0 atom stereocenters. The highest BCUT2D eigenvalue weighted by Crippen LogP contribution is 2.16. The second kappa shape index (κ2) is 6.25. The number of tetrazole rings is 1. The molecule has 2 rings (SSSR count). The third-order valence-corrected chi connectivity index (χ3v) is 3.05. The first-order chi connectivity index (χ1) is 8.79. The van der Waals surface area contributed by atoms with Crippen molar-refractivity contribution in [2.75, 3.05) is 6.54 Å². The minimum absolute atomic E-state index is 0.0854. The van der Waals surface area contributed by atoms with Crippen LogP contribution in [0.3, 0.4) is 0 Å². The summed E-state index contributed by atoms with van der Waals surface area (Å²) >= 11 is 1.57. The maximum Gasteiger partial charge on any atom is 0.243 e.